The van der Waals surface area contributed by atoms with E-state index in [-0.39, 0.29) is 0 Å². The molecule has 0 amide bonds. The Labute approximate surface area is 160 Å². The molecular formula is C13H28Cl2O8P2. The van der Waals surface area contributed by atoms with Gasteiger partial charge in [0, 0.05) is 0 Å². The molecule has 0 spiro atoms. The molecule has 0 bridgehead atoms. The second kappa shape index (κ2) is 10.4. The highest BCUT2D eigenvalue weighted by molar-refractivity contribution is 7.49. The molecule has 0 fully saturated rings. The summed E-state index contributed by atoms with van der Waals surface area (Å²) < 4.78 is 53.3. The van der Waals surface area contributed by atoms with Crippen molar-refractivity contribution in [1.29, 1.82) is 0 Å². The Kier molecular flexibility index (Phi) is 10.7. The number of rotatable bonds is 12. The minimum Gasteiger partial charge on any atom is -0.284 e. The molecular weight excluding hydrogens is 417 g/mol. The second-order valence-corrected chi connectivity index (χ2v) is 10.3. The molecule has 0 radical (unpaired) electrons. The first-order valence-electron chi connectivity index (χ1n) is 7.81. The summed E-state index contributed by atoms with van der Waals surface area (Å²) >= 11 is 11.8. The highest BCUT2D eigenvalue weighted by Gasteiger charge is 2.48. The molecule has 0 aromatic carbocycles. The summed E-state index contributed by atoms with van der Waals surface area (Å²) in [6.07, 6.45) is -2.11. The van der Waals surface area contributed by atoms with Gasteiger partial charge in [0.05, 0.1) is 24.4 Å². The minimum atomic E-state index is -4.23. The molecule has 12 heteroatoms. The van der Waals surface area contributed by atoms with E-state index in [1.54, 1.807) is 55.4 Å². The molecule has 0 aromatic heterocycles. The lowest BCUT2D eigenvalue weighted by Crippen LogP contribution is -2.25. The molecule has 0 aliphatic carbocycles. The third kappa shape index (κ3) is 12.0. The van der Waals surface area contributed by atoms with Crippen LogP contribution in [0.25, 0.3) is 0 Å². The van der Waals surface area contributed by atoms with E-state index in [0.717, 1.165) is 0 Å². The minimum absolute atomic E-state index is 0.528. The fraction of sp³-hybridized carbons (Fsp3) is 1.00. The van der Waals surface area contributed by atoms with Gasteiger partial charge in [0.2, 0.25) is 0 Å². The lowest BCUT2D eigenvalue weighted by Gasteiger charge is -2.30. The monoisotopic (exact) mass is 444 g/mol. The van der Waals surface area contributed by atoms with Crippen molar-refractivity contribution in [2.24, 2.45) is 0 Å². The van der Waals surface area contributed by atoms with Gasteiger partial charge in [-0.2, -0.15) is 0 Å². The maximum Gasteiger partial charge on any atom is 0.479 e. The molecule has 152 valence electrons. The predicted molar refractivity (Wildman–Crippen MR) is 96.7 cm³/mol. The van der Waals surface area contributed by atoms with Crippen LogP contribution in [-0.2, 0) is 36.3 Å². The molecule has 0 N–H and O–H groups in total. The first-order chi connectivity index (χ1) is 11.1. The molecule has 25 heavy (non-hydrogen) atoms. The number of phosphoric ester groups is 2. The normalized spacial score (nSPS) is 14.3. The van der Waals surface area contributed by atoms with Gasteiger partial charge in [0.15, 0.2) is 0 Å². The van der Waals surface area contributed by atoms with Crippen LogP contribution in [0.2, 0.25) is 0 Å². The van der Waals surface area contributed by atoms with E-state index in [1.807, 2.05) is 0 Å². The van der Waals surface area contributed by atoms with Crippen LogP contribution in [0.1, 0.15) is 55.4 Å². The van der Waals surface area contributed by atoms with Crippen molar-refractivity contribution in [3.63, 3.8) is 0 Å². The molecule has 0 aromatic rings. The Hall–Kier alpha value is 0.800. The number of alkyl halides is 2. The molecule has 0 saturated carbocycles. The summed E-state index contributed by atoms with van der Waals surface area (Å²) in [4.78, 5) is 0. The van der Waals surface area contributed by atoms with Gasteiger partial charge >= 0.3 is 20.4 Å². The average molecular weight is 445 g/mol. The van der Waals surface area contributed by atoms with Crippen molar-refractivity contribution in [3.05, 3.63) is 0 Å². The van der Waals surface area contributed by atoms with E-state index in [0.29, 0.717) is 0 Å². The molecule has 0 aliphatic rings. The highest BCUT2D eigenvalue weighted by Crippen LogP contribution is 2.62. The van der Waals surface area contributed by atoms with Crippen molar-refractivity contribution in [2.75, 3.05) is 0 Å². The van der Waals surface area contributed by atoms with Crippen LogP contribution in [0.4, 0.5) is 0 Å². The number of hydrogen-bond donors (Lipinski definition) is 0. The summed E-state index contributed by atoms with van der Waals surface area (Å²) in [7, 11) is -8.46. The van der Waals surface area contributed by atoms with Crippen molar-refractivity contribution in [1.82, 2.24) is 0 Å². The zero-order chi connectivity index (χ0) is 20.1. The van der Waals surface area contributed by atoms with E-state index in [9.17, 15) is 9.13 Å². The van der Waals surface area contributed by atoms with E-state index < -0.39 is 44.8 Å². The van der Waals surface area contributed by atoms with E-state index in [2.05, 4.69) is 0 Å². The number of phosphoric acid groups is 2. The first kappa shape index (κ1) is 25.8. The van der Waals surface area contributed by atoms with Crippen LogP contribution in [0.5, 0.6) is 0 Å². The zero-order valence-electron chi connectivity index (χ0n) is 15.7. The van der Waals surface area contributed by atoms with Crippen LogP contribution >= 0.6 is 38.8 Å². The standard InChI is InChI=1S/C13H28Cl2O8P2/c1-9(2)18-24(16,19-10(3)4)22-13(14,15)23-25(17,20-11(5)6)21-12(7)8/h9-12H,1-8H3. The Balaban J connectivity index is 5.40. The molecule has 0 rings (SSSR count). The van der Waals surface area contributed by atoms with Gasteiger partial charge < -0.3 is 0 Å². The van der Waals surface area contributed by atoms with Crippen LogP contribution in [0.3, 0.4) is 0 Å². The van der Waals surface area contributed by atoms with Gasteiger partial charge in [-0.05, 0) is 78.6 Å². The lowest BCUT2D eigenvalue weighted by atomic mass is 10.5. The highest BCUT2D eigenvalue weighted by atomic mass is 35.5. The fourth-order valence-corrected chi connectivity index (χ4v) is 5.45. The van der Waals surface area contributed by atoms with Crippen LogP contribution in [-0.4, -0.2) is 29.1 Å². The molecule has 0 heterocycles. The van der Waals surface area contributed by atoms with Gasteiger partial charge in [-0.3, -0.25) is 18.1 Å². The summed E-state index contributed by atoms with van der Waals surface area (Å²) in [5.41, 5.74) is 0. The molecule has 0 unspecified atom stereocenters. The molecule has 0 aliphatic heterocycles. The lowest BCUT2D eigenvalue weighted by molar-refractivity contribution is -0.0480. The Morgan fingerprint density at radius 3 is 0.960 bits per heavy atom. The van der Waals surface area contributed by atoms with E-state index >= 15 is 0 Å². The van der Waals surface area contributed by atoms with Gasteiger partial charge in [-0.1, -0.05) is 0 Å². The predicted octanol–water partition coefficient (Wildman–Crippen LogP) is 6.02. The van der Waals surface area contributed by atoms with Crippen LogP contribution in [0, 0.1) is 0 Å². The number of hydrogen-bond acceptors (Lipinski definition) is 8. The maximum atomic E-state index is 12.7. The summed E-state index contributed by atoms with van der Waals surface area (Å²) in [5.74, 6) is 0. The Morgan fingerprint density at radius 2 is 0.800 bits per heavy atom. The molecule has 0 atom stereocenters. The third-order valence-electron chi connectivity index (χ3n) is 1.80. The fourth-order valence-electron chi connectivity index (χ4n) is 1.45. The SMILES string of the molecule is CC(C)OP(=O)(OC(C)C)OC(Cl)(Cl)OP(=O)(OC(C)C)OC(C)C. The summed E-state index contributed by atoms with van der Waals surface area (Å²) in [6, 6.07) is 0. The Bertz CT molecular complexity index is 426. The van der Waals surface area contributed by atoms with Crippen molar-refractivity contribution >= 4 is 38.8 Å². The second-order valence-electron chi connectivity index (χ2n) is 6.16. The van der Waals surface area contributed by atoms with Gasteiger partial charge in [0.1, 0.15) is 0 Å². The average Bonchev–Trinajstić information content (AvgIpc) is 2.18. The van der Waals surface area contributed by atoms with Crippen molar-refractivity contribution < 1.29 is 36.3 Å². The van der Waals surface area contributed by atoms with Crippen LogP contribution < -0.4 is 0 Å². The molecule has 8 nitrogen and oxygen atoms in total. The largest absolute Gasteiger partial charge is 0.479 e. The first-order valence-corrected chi connectivity index (χ1v) is 11.5. The van der Waals surface area contributed by atoms with Crippen molar-refractivity contribution in [3.8, 4) is 0 Å². The quantitative estimate of drug-likeness (QED) is 0.205. The van der Waals surface area contributed by atoms with Gasteiger partial charge in [-0.15, -0.1) is 0 Å². The van der Waals surface area contributed by atoms with E-state index in [4.69, 9.17) is 50.3 Å². The van der Waals surface area contributed by atoms with E-state index in [1.165, 1.54) is 0 Å². The smallest absolute Gasteiger partial charge is 0.284 e. The molecule has 0 saturated heterocycles. The maximum absolute atomic E-state index is 12.7. The van der Waals surface area contributed by atoms with Gasteiger partial charge in [-0.25, -0.2) is 18.2 Å². The van der Waals surface area contributed by atoms with Gasteiger partial charge in [0.25, 0.3) is 0 Å². The summed E-state index contributed by atoms with van der Waals surface area (Å²) in [6.45, 7) is 12.9. The van der Waals surface area contributed by atoms with Crippen LogP contribution in [0.15, 0.2) is 0 Å². The Morgan fingerprint density at radius 1 is 0.600 bits per heavy atom. The number of halogens is 2. The topological polar surface area (TPSA) is 89.5 Å². The zero-order valence-corrected chi connectivity index (χ0v) is 19.0. The summed E-state index contributed by atoms with van der Waals surface area (Å²) in [5, 5.41) is 0. The third-order valence-corrected chi connectivity index (χ3v) is 6.22. The van der Waals surface area contributed by atoms with Crippen molar-refractivity contribution in [2.45, 2.75) is 84.5 Å².